The number of ether oxygens (including phenoxy) is 1. The first-order chi connectivity index (χ1) is 11.6. The molecule has 3 rings (SSSR count). The molecule has 0 spiro atoms. The van der Waals surface area contributed by atoms with Crippen LogP contribution in [0.5, 0.6) is 11.6 Å². The molecule has 24 heavy (non-hydrogen) atoms. The van der Waals surface area contributed by atoms with Crippen LogP contribution in [-0.4, -0.2) is 40.4 Å². The minimum absolute atomic E-state index is 0.161. The summed E-state index contributed by atoms with van der Waals surface area (Å²) in [5.74, 6) is 0.998. The molecular weight excluding hydrogens is 328 g/mol. The van der Waals surface area contributed by atoms with Crippen molar-refractivity contribution in [3.63, 3.8) is 0 Å². The summed E-state index contributed by atoms with van der Waals surface area (Å²) in [5, 5.41) is 0.649. The largest absolute Gasteiger partial charge is 0.437 e. The van der Waals surface area contributed by atoms with Crippen LogP contribution in [0.1, 0.15) is 24.5 Å². The molecule has 1 fully saturated rings. The maximum Gasteiger partial charge on any atom is 0.241 e. The van der Waals surface area contributed by atoms with Crippen LogP contribution >= 0.6 is 11.6 Å². The molecule has 1 aliphatic rings. The maximum absolute atomic E-state index is 11.2. The van der Waals surface area contributed by atoms with E-state index >= 15 is 0 Å². The smallest absolute Gasteiger partial charge is 0.241 e. The van der Waals surface area contributed by atoms with Crippen LogP contribution in [0.2, 0.25) is 5.02 Å². The highest BCUT2D eigenvalue weighted by Gasteiger charge is 2.26. The van der Waals surface area contributed by atoms with Gasteiger partial charge in [0.25, 0.3) is 0 Å². The quantitative estimate of drug-likeness (QED) is 0.899. The van der Waals surface area contributed by atoms with Crippen LogP contribution in [0.25, 0.3) is 0 Å². The maximum atomic E-state index is 11.2. The van der Waals surface area contributed by atoms with Crippen molar-refractivity contribution in [2.24, 2.45) is 5.73 Å². The van der Waals surface area contributed by atoms with Crippen LogP contribution < -0.4 is 10.5 Å². The summed E-state index contributed by atoms with van der Waals surface area (Å²) in [6, 6.07) is 7.12. The third kappa shape index (κ3) is 4.21. The molecule has 2 aromatic rings. The van der Waals surface area contributed by atoms with E-state index in [0.717, 1.165) is 31.6 Å². The summed E-state index contributed by atoms with van der Waals surface area (Å²) in [6.45, 7) is 1.86. The van der Waals surface area contributed by atoms with Crippen LogP contribution in [0.3, 0.4) is 0 Å². The standard InChI is InChI=1S/C17H19ClN4O2/c18-13-3-5-14(6-4-13)24-17-16(20-7-8-21-17)12-2-1-9-22(10-12)11-15(19)23/h3-8,12H,1-2,9-11H2,(H2,19,23)/t12-/m0/s1. The fourth-order valence-corrected chi connectivity index (χ4v) is 3.08. The molecular formula is C17H19ClN4O2. The number of amides is 1. The van der Waals surface area contributed by atoms with Crippen molar-refractivity contribution < 1.29 is 9.53 Å². The van der Waals surface area contributed by atoms with Crippen molar-refractivity contribution in [1.29, 1.82) is 0 Å². The summed E-state index contributed by atoms with van der Waals surface area (Å²) >= 11 is 5.90. The monoisotopic (exact) mass is 346 g/mol. The van der Waals surface area contributed by atoms with Crippen LogP contribution in [-0.2, 0) is 4.79 Å². The van der Waals surface area contributed by atoms with E-state index in [4.69, 9.17) is 22.1 Å². The topological polar surface area (TPSA) is 81.3 Å². The van der Waals surface area contributed by atoms with Crippen molar-refractivity contribution in [3.8, 4) is 11.6 Å². The van der Waals surface area contributed by atoms with E-state index in [1.807, 2.05) is 0 Å². The molecule has 0 aliphatic carbocycles. The Morgan fingerprint density at radius 1 is 1.29 bits per heavy atom. The lowest BCUT2D eigenvalue weighted by molar-refractivity contribution is -0.119. The number of rotatable bonds is 5. The highest BCUT2D eigenvalue weighted by Crippen LogP contribution is 2.32. The molecule has 7 heteroatoms. The Hall–Kier alpha value is -2.18. The molecule has 1 aromatic heterocycles. The van der Waals surface area contributed by atoms with E-state index < -0.39 is 0 Å². The van der Waals surface area contributed by atoms with Crippen LogP contribution in [0, 0.1) is 0 Å². The van der Waals surface area contributed by atoms with Gasteiger partial charge < -0.3 is 10.5 Å². The SMILES string of the molecule is NC(=O)CN1CCC[C@H](c2nccnc2Oc2ccc(Cl)cc2)C1. The fraction of sp³-hybridized carbons (Fsp3) is 0.353. The van der Waals surface area contributed by atoms with E-state index in [-0.39, 0.29) is 18.4 Å². The highest BCUT2D eigenvalue weighted by atomic mass is 35.5. The van der Waals surface area contributed by atoms with Crippen molar-refractivity contribution in [2.45, 2.75) is 18.8 Å². The number of benzene rings is 1. The molecule has 0 saturated carbocycles. The molecule has 2 N–H and O–H groups in total. The second-order valence-corrected chi connectivity index (χ2v) is 6.28. The van der Waals surface area contributed by atoms with Gasteiger partial charge in [0.1, 0.15) is 11.4 Å². The summed E-state index contributed by atoms with van der Waals surface area (Å²) < 4.78 is 5.89. The first kappa shape index (κ1) is 16.7. The lowest BCUT2D eigenvalue weighted by Crippen LogP contribution is -2.40. The molecule has 1 aliphatic heterocycles. The molecule has 0 radical (unpaired) electrons. The van der Waals surface area contributed by atoms with Gasteiger partial charge in [0.05, 0.1) is 6.54 Å². The molecule has 1 atom stereocenters. The zero-order valence-corrected chi connectivity index (χ0v) is 13.9. The van der Waals surface area contributed by atoms with Crippen molar-refractivity contribution in [2.75, 3.05) is 19.6 Å². The van der Waals surface area contributed by atoms with Gasteiger partial charge in [0, 0.05) is 29.9 Å². The number of hydrogen-bond acceptors (Lipinski definition) is 5. The number of aromatic nitrogens is 2. The van der Waals surface area contributed by atoms with Gasteiger partial charge in [-0.1, -0.05) is 11.6 Å². The zero-order valence-electron chi connectivity index (χ0n) is 13.2. The molecule has 2 heterocycles. The van der Waals surface area contributed by atoms with E-state index in [2.05, 4.69) is 14.9 Å². The number of hydrogen-bond donors (Lipinski definition) is 1. The normalized spacial score (nSPS) is 18.3. The predicted molar refractivity (Wildman–Crippen MR) is 91.2 cm³/mol. The van der Waals surface area contributed by atoms with Crippen LogP contribution in [0.4, 0.5) is 0 Å². The summed E-state index contributed by atoms with van der Waals surface area (Å²) in [4.78, 5) is 22.0. The van der Waals surface area contributed by atoms with Gasteiger partial charge in [-0.25, -0.2) is 4.98 Å². The number of primary amides is 1. The number of likely N-dealkylation sites (tertiary alicyclic amines) is 1. The van der Waals surface area contributed by atoms with Gasteiger partial charge in [-0.05, 0) is 43.7 Å². The highest BCUT2D eigenvalue weighted by molar-refractivity contribution is 6.30. The molecule has 6 nitrogen and oxygen atoms in total. The Bertz CT molecular complexity index is 708. The number of nitrogens with two attached hydrogens (primary N) is 1. The van der Waals surface area contributed by atoms with Crippen molar-refractivity contribution in [1.82, 2.24) is 14.9 Å². The van der Waals surface area contributed by atoms with E-state index in [1.54, 1.807) is 36.7 Å². The minimum atomic E-state index is -0.313. The first-order valence-corrected chi connectivity index (χ1v) is 8.24. The molecule has 0 bridgehead atoms. The molecule has 1 amide bonds. The fourth-order valence-electron chi connectivity index (χ4n) is 2.95. The van der Waals surface area contributed by atoms with Crippen LogP contribution in [0.15, 0.2) is 36.7 Å². The average Bonchev–Trinajstić information content (AvgIpc) is 2.57. The molecule has 0 unspecified atom stereocenters. The van der Waals surface area contributed by atoms with Gasteiger partial charge in [-0.15, -0.1) is 0 Å². The summed E-state index contributed by atoms with van der Waals surface area (Å²) in [7, 11) is 0. The lowest BCUT2D eigenvalue weighted by Gasteiger charge is -2.31. The number of halogens is 1. The van der Waals surface area contributed by atoms with Gasteiger partial charge in [0.2, 0.25) is 11.8 Å². The van der Waals surface area contributed by atoms with E-state index in [0.29, 0.717) is 16.7 Å². The third-order valence-corrected chi connectivity index (χ3v) is 4.24. The zero-order chi connectivity index (χ0) is 16.9. The second kappa shape index (κ2) is 7.59. The Labute approximate surface area is 145 Å². The van der Waals surface area contributed by atoms with Gasteiger partial charge >= 0.3 is 0 Å². The predicted octanol–water partition coefficient (Wildman–Crippen LogP) is 2.59. The van der Waals surface area contributed by atoms with Crippen molar-refractivity contribution >= 4 is 17.5 Å². The van der Waals surface area contributed by atoms with Gasteiger partial charge in [-0.2, -0.15) is 0 Å². The minimum Gasteiger partial charge on any atom is -0.437 e. The number of carbonyl (C=O) groups excluding carboxylic acids is 1. The Morgan fingerprint density at radius 3 is 2.79 bits per heavy atom. The number of nitrogens with zero attached hydrogens (tertiary/aromatic N) is 3. The lowest BCUT2D eigenvalue weighted by atomic mass is 9.94. The summed E-state index contributed by atoms with van der Waals surface area (Å²) in [6.07, 6.45) is 5.23. The first-order valence-electron chi connectivity index (χ1n) is 7.87. The summed E-state index contributed by atoms with van der Waals surface area (Å²) in [5.41, 5.74) is 6.11. The Balaban J connectivity index is 1.78. The third-order valence-electron chi connectivity index (χ3n) is 3.99. The Kier molecular flexibility index (Phi) is 5.27. The van der Waals surface area contributed by atoms with Gasteiger partial charge in [-0.3, -0.25) is 14.7 Å². The van der Waals surface area contributed by atoms with Crippen molar-refractivity contribution in [3.05, 3.63) is 47.4 Å². The second-order valence-electron chi connectivity index (χ2n) is 5.84. The Morgan fingerprint density at radius 2 is 2.04 bits per heavy atom. The van der Waals surface area contributed by atoms with E-state index in [1.165, 1.54) is 0 Å². The average molecular weight is 347 g/mol. The molecule has 126 valence electrons. The molecule has 1 saturated heterocycles. The number of carbonyl (C=O) groups is 1. The number of piperidine rings is 1. The molecule has 1 aromatic carbocycles. The van der Waals surface area contributed by atoms with Gasteiger partial charge in [0.15, 0.2) is 0 Å². The van der Waals surface area contributed by atoms with E-state index in [9.17, 15) is 4.79 Å².